The van der Waals surface area contributed by atoms with Crippen LogP contribution in [0.1, 0.15) is 5.56 Å². The SMILES string of the molecule is Fc1cc(Cl)c(NCc2coc3ccccc23)c(Cl)c1. The van der Waals surface area contributed by atoms with Crippen molar-refractivity contribution in [2.75, 3.05) is 5.32 Å². The summed E-state index contributed by atoms with van der Waals surface area (Å²) in [6.07, 6.45) is 1.68. The zero-order valence-corrected chi connectivity index (χ0v) is 11.8. The normalized spacial score (nSPS) is 10.9. The number of hydrogen-bond acceptors (Lipinski definition) is 2. The van der Waals surface area contributed by atoms with E-state index in [-0.39, 0.29) is 10.0 Å². The number of nitrogens with one attached hydrogen (secondary N) is 1. The lowest BCUT2D eigenvalue weighted by atomic mass is 10.2. The zero-order valence-electron chi connectivity index (χ0n) is 10.3. The third-order valence-corrected chi connectivity index (χ3v) is 3.62. The van der Waals surface area contributed by atoms with Gasteiger partial charge in [0.25, 0.3) is 0 Å². The van der Waals surface area contributed by atoms with Gasteiger partial charge < -0.3 is 9.73 Å². The van der Waals surface area contributed by atoms with E-state index in [9.17, 15) is 4.39 Å². The van der Waals surface area contributed by atoms with E-state index in [4.69, 9.17) is 27.6 Å². The maximum atomic E-state index is 13.1. The van der Waals surface area contributed by atoms with Gasteiger partial charge in [-0.05, 0) is 18.2 Å². The second kappa shape index (κ2) is 5.35. The maximum Gasteiger partial charge on any atom is 0.134 e. The molecule has 5 heteroatoms. The summed E-state index contributed by atoms with van der Waals surface area (Å²) < 4.78 is 18.6. The molecule has 2 aromatic carbocycles. The van der Waals surface area contributed by atoms with Crippen molar-refractivity contribution in [3.8, 4) is 0 Å². The van der Waals surface area contributed by atoms with E-state index in [0.717, 1.165) is 16.5 Å². The van der Waals surface area contributed by atoms with Crippen molar-refractivity contribution in [1.82, 2.24) is 0 Å². The van der Waals surface area contributed by atoms with Gasteiger partial charge in [-0.1, -0.05) is 41.4 Å². The molecule has 0 saturated carbocycles. The Morgan fingerprint density at radius 3 is 2.55 bits per heavy atom. The van der Waals surface area contributed by atoms with E-state index in [0.29, 0.717) is 12.2 Å². The molecule has 0 radical (unpaired) electrons. The Kier molecular flexibility index (Phi) is 3.55. The van der Waals surface area contributed by atoms with Crippen molar-refractivity contribution >= 4 is 39.9 Å². The van der Waals surface area contributed by atoms with Crippen LogP contribution in [0.4, 0.5) is 10.1 Å². The lowest BCUT2D eigenvalue weighted by Gasteiger charge is -2.09. The van der Waals surface area contributed by atoms with Crippen molar-refractivity contribution in [2.24, 2.45) is 0 Å². The second-order valence-corrected chi connectivity index (χ2v) is 5.17. The van der Waals surface area contributed by atoms with E-state index in [1.54, 1.807) is 6.26 Å². The van der Waals surface area contributed by atoms with Crippen molar-refractivity contribution in [3.05, 3.63) is 64.1 Å². The molecule has 20 heavy (non-hydrogen) atoms. The average molecular weight is 310 g/mol. The van der Waals surface area contributed by atoms with Crippen LogP contribution in [0.3, 0.4) is 0 Å². The molecule has 102 valence electrons. The number of fused-ring (bicyclic) bond motifs is 1. The summed E-state index contributed by atoms with van der Waals surface area (Å²) in [4.78, 5) is 0. The van der Waals surface area contributed by atoms with Gasteiger partial charge >= 0.3 is 0 Å². The van der Waals surface area contributed by atoms with Crippen LogP contribution in [0.5, 0.6) is 0 Å². The Bertz CT molecular complexity index is 746. The molecular weight excluding hydrogens is 300 g/mol. The van der Waals surface area contributed by atoms with E-state index >= 15 is 0 Å². The number of benzene rings is 2. The number of halogens is 3. The molecule has 0 saturated heterocycles. The molecule has 0 bridgehead atoms. The molecule has 0 spiro atoms. The highest BCUT2D eigenvalue weighted by Gasteiger charge is 2.10. The van der Waals surface area contributed by atoms with E-state index in [1.807, 2.05) is 24.3 Å². The lowest BCUT2D eigenvalue weighted by molar-refractivity contribution is 0.611. The third-order valence-electron chi connectivity index (χ3n) is 3.02. The topological polar surface area (TPSA) is 25.2 Å². The maximum absolute atomic E-state index is 13.1. The van der Waals surface area contributed by atoms with Crippen LogP contribution >= 0.6 is 23.2 Å². The lowest BCUT2D eigenvalue weighted by Crippen LogP contribution is -2.00. The highest BCUT2D eigenvalue weighted by molar-refractivity contribution is 6.39. The Balaban J connectivity index is 1.87. The molecule has 0 amide bonds. The van der Waals surface area contributed by atoms with Crippen LogP contribution in [-0.2, 0) is 6.54 Å². The van der Waals surface area contributed by atoms with Crippen LogP contribution in [0.25, 0.3) is 11.0 Å². The summed E-state index contributed by atoms with van der Waals surface area (Å²) in [6.45, 7) is 0.488. The van der Waals surface area contributed by atoms with E-state index < -0.39 is 5.82 Å². The standard InChI is InChI=1S/C15H10Cl2FNO/c16-12-5-10(18)6-13(17)15(12)19-7-9-8-20-14-4-2-1-3-11(9)14/h1-6,8,19H,7H2. The zero-order chi connectivity index (χ0) is 14.1. The average Bonchev–Trinajstić information content (AvgIpc) is 2.81. The Hall–Kier alpha value is -1.71. The second-order valence-electron chi connectivity index (χ2n) is 4.36. The van der Waals surface area contributed by atoms with Crippen molar-refractivity contribution in [2.45, 2.75) is 6.54 Å². The summed E-state index contributed by atoms with van der Waals surface area (Å²) in [5, 5.41) is 4.64. The van der Waals surface area contributed by atoms with Crippen molar-refractivity contribution < 1.29 is 8.81 Å². The fourth-order valence-electron chi connectivity index (χ4n) is 2.06. The quantitative estimate of drug-likeness (QED) is 0.692. The summed E-state index contributed by atoms with van der Waals surface area (Å²) in [5.41, 5.74) is 2.32. The Morgan fingerprint density at radius 1 is 1.10 bits per heavy atom. The Labute approximate surface area is 125 Å². The molecule has 0 fully saturated rings. The molecule has 3 rings (SSSR count). The van der Waals surface area contributed by atoms with Gasteiger partial charge in [0.1, 0.15) is 11.4 Å². The molecule has 1 aromatic heterocycles. The minimum atomic E-state index is -0.459. The molecule has 0 aliphatic heterocycles. The van der Waals surface area contributed by atoms with Crippen LogP contribution in [0.15, 0.2) is 47.1 Å². The molecule has 0 atom stereocenters. The van der Waals surface area contributed by atoms with Crippen LogP contribution in [-0.4, -0.2) is 0 Å². The first-order valence-electron chi connectivity index (χ1n) is 5.98. The largest absolute Gasteiger partial charge is 0.464 e. The van der Waals surface area contributed by atoms with E-state index in [1.165, 1.54) is 12.1 Å². The fraction of sp³-hybridized carbons (Fsp3) is 0.0667. The number of anilines is 1. The summed E-state index contributed by atoms with van der Waals surface area (Å²) in [5.74, 6) is -0.459. The summed E-state index contributed by atoms with van der Waals surface area (Å²) in [7, 11) is 0. The summed E-state index contributed by atoms with van der Waals surface area (Å²) >= 11 is 12.0. The highest BCUT2D eigenvalue weighted by atomic mass is 35.5. The van der Waals surface area contributed by atoms with Gasteiger partial charge in [-0.3, -0.25) is 0 Å². The van der Waals surface area contributed by atoms with Gasteiger partial charge in [0.05, 0.1) is 22.0 Å². The molecule has 0 aliphatic rings. The molecular formula is C15H10Cl2FNO. The molecule has 3 aromatic rings. The van der Waals surface area contributed by atoms with E-state index in [2.05, 4.69) is 5.32 Å². The van der Waals surface area contributed by atoms with Gasteiger partial charge in [0.2, 0.25) is 0 Å². The predicted octanol–water partition coefficient (Wildman–Crippen LogP) is 5.49. The van der Waals surface area contributed by atoms with Gasteiger partial charge in [0, 0.05) is 17.5 Å². The van der Waals surface area contributed by atoms with Gasteiger partial charge in [-0.2, -0.15) is 0 Å². The third kappa shape index (κ3) is 2.47. The number of para-hydroxylation sites is 1. The molecule has 0 unspecified atom stereocenters. The monoisotopic (exact) mass is 309 g/mol. The predicted molar refractivity (Wildman–Crippen MR) is 80.0 cm³/mol. The Morgan fingerprint density at radius 2 is 1.80 bits per heavy atom. The first kappa shape index (κ1) is 13.3. The number of furan rings is 1. The molecule has 1 N–H and O–H groups in total. The molecule has 2 nitrogen and oxygen atoms in total. The van der Waals surface area contributed by atoms with Crippen LogP contribution in [0, 0.1) is 5.82 Å². The first-order valence-corrected chi connectivity index (χ1v) is 6.74. The number of hydrogen-bond donors (Lipinski definition) is 1. The molecule has 1 heterocycles. The highest BCUT2D eigenvalue weighted by Crippen LogP contribution is 2.32. The van der Waals surface area contributed by atoms with Crippen molar-refractivity contribution in [3.63, 3.8) is 0 Å². The minimum absolute atomic E-state index is 0.253. The van der Waals surface area contributed by atoms with Crippen LogP contribution < -0.4 is 5.32 Å². The van der Waals surface area contributed by atoms with Crippen molar-refractivity contribution in [1.29, 1.82) is 0 Å². The van der Waals surface area contributed by atoms with Gasteiger partial charge in [-0.15, -0.1) is 0 Å². The number of rotatable bonds is 3. The minimum Gasteiger partial charge on any atom is -0.464 e. The fourth-order valence-corrected chi connectivity index (χ4v) is 2.66. The first-order chi connectivity index (χ1) is 9.65. The summed E-state index contributed by atoms with van der Waals surface area (Å²) in [6, 6.07) is 10.2. The van der Waals surface area contributed by atoms with Gasteiger partial charge in [0.15, 0.2) is 0 Å². The molecule has 0 aliphatic carbocycles. The van der Waals surface area contributed by atoms with Gasteiger partial charge in [-0.25, -0.2) is 4.39 Å². The van der Waals surface area contributed by atoms with Crippen LogP contribution in [0.2, 0.25) is 10.0 Å². The smallest absolute Gasteiger partial charge is 0.134 e.